The second kappa shape index (κ2) is 3.16. The van der Waals surface area contributed by atoms with Crippen LogP contribution in [0.5, 0.6) is 0 Å². The fourth-order valence-corrected chi connectivity index (χ4v) is 1.15. The lowest BCUT2D eigenvalue weighted by molar-refractivity contribution is -0.206. The van der Waals surface area contributed by atoms with Crippen molar-refractivity contribution in [2.75, 3.05) is 5.73 Å². The topological polar surface area (TPSA) is 64.1 Å². The molecule has 0 aliphatic carbocycles. The van der Waals surface area contributed by atoms with Gasteiger partial charge in [-0.15, -0.1) is 0 Å². The highest BCUT2D eigenvalue weighted by Gasteiger charge is 2.42. The van der Waals surface area contributed by atoms with Crippen molar-refractivity contribution in [1.82, 2.24) is 9.78 Å². The third-order valence-electron chi connectivity index (χ3n) is 1.99. The zero-order chi connectivity index (χ0) is 11.1. The number of nitrogens with two attached hydrogens (primary N) is 1. The van der Waals surface area contributed by atoms with Gasteiger partial charge >= 0.3 is 6.18 Å². The molecule has 0 aliphatic heterocycles. The summed E-state index contributed by atoms with van der Waals surface area (Å²) in [5, 5.41) is 12.6. The summed E-state index contributed by atoms with van der Waals surface area (Å²) in [4.78, 5) is 0. The van der Waals surface area contributed by atoms with E-state index in [1.165, 1.54) is 18.7 Å². The number of aliphatic hydroxyl groups is 1. The highest BCUT2D eigenvalue weighted by Crippen LogP contribution is 2.36. The van der Waals surface area contributed by atoms with Gasteiger partial charge in [0.2, 0.25) is 0 Å². The molecule has 1 atom stereocenters. The van der Waals surface area contributed by atoms with E-state index >= 15 is 0 Å². The molecule has 0 saturated carbocycles. The molecule has 7 heteroatoms. The van der Waals surface area contributed by atoms with Crippen LogP contribution in [-0.2, 0) is 7.05 Å². The standard InChI is InChI=1S/C7H10F3N3O/c1-3-4(5(14)7(8,9)10)6(11)12-13(3)2/h5,14H,1-2H3,(H2,11,12). The first kappa shape index (κ1) is 10.8. The van der Waals surface area contributed by atoms with Crippen molar-refractivity contribution in [3.05, 3.63) is 11.3 Å². The maximum atomic E-state index is 12.2. The van der Waals surface area contributed by atoms with Crippen molar-refractivity contribution in [2.45, 2.75) is 19.2 Å². The van der Waals surface area contributed by atoms with Crippen molar-refractivity contribution >= 4 is 5.82 Å². The van der Waals surface area contributed by atoms with Gasteiger partial charge in [-0.2, -0.15) is 18.3 Å². The van der Waals surface area contributed by atoms with E-state index in [0.717, 1.165) is 0 Å². The molecule has 1 unspecified atom stereocenters. The van der Waals surface area contributed by atoms with Gasteiger partial charge in [0.25, 0.3) is 0 Å². The SMILES string of the molecule is Cc1c(C(O)C(F)(F)F)c(N)nn1C. The smallest absolute Gasteiger partial charge is 0.382 e. The van der Waals surface area contributed by atoms with E-state index in [2.05, 4.69) is 5.10 Å². The monoisotopic (exact) mass is 209 g/mol. The maximum Gasteiger partial charge on any atom is 0.418 e. The number of halogens is 3. The van der Waals surface area contributed by atoms with Gasteiger partial charge in [0.15, 0.2) is 11.9 Å². The molecule has 4 nitrogen and oxygen atoms in total. The zero-order valence-electron chi connectivity index (χ0n) is 7.63. The highest BCUT2D eigenvalue weighted by molar-refractivity contribution is 5.44. The summed E-state index contributed by atoms with van der Waals surface area (Å²) in [6.07, 6.45) is -7.29. The highest BCUT2D eigenvalue weighted by atomic mass is 19.4. The Morgan fingerprint density at radius 3 is 2.29 bits per heavy atom. The van der Waals surface area contributed by atoms with Crippen LogP contribution in [0.25, 0.3) is 0 Å². The molecule has 1 aromatic rings. The Morgan fingerprint density at radius 1 is 1.50 bits per heavy atom. The molecule has 80 valence electrons. The number of anilines is 1. The first-order valence-corrected chi connectivity index (χ1v) is 3.79. The summed E-state index contributed by atoms with van der Waals surface area (Å²) in [6, 6.07) is 0. The molecule has 0 amide bonds. The second-order valence-electron chi connectivity index (χ2n) is 2.95. The van der Waals surface area contributed by atoms with E-state index in [1.807, 2.05) is 0 Å². The third-order valence-corrected chi connectivity index (χ3v) is 1.99. The molecule has 3 N–H and O–H groups in total. The molecule has 0 bridgehead atoms. The van der Waals surface area contributed by atoms with Crippen molar-refractivity contribution < 1.29 is 18.3 Å². The van der Waals surface area contributed by atoms with Crippen molar-refractivity contribution in [2.24, 2.45) is 7.05 Å². The largest absolute Gasteiger partial charge is 0.418 e. The van der Waals surface area contributed by atoms with Crippen LogP contribution in [0.2, 0.25) is 0 Å². The van der Waals surface area contributed by atoms with Gasteiger partial charge in [-0.25, -0.2) is 0 Å². The van der Waals surface area contributed by atoms with Gasteiger partial charge in [-0.3, -0.25) is 4.68 Å². The number of aliphatic hydroxyl groups excluding tert-OH is 1. The summed E-state index contributed by atoms with van der Waals surface area (Å²) in [5.41, 5.74) is 5.07. The normalized spacial score (nSPS) is 14.4. The number of aromatic nitrogens is 2. The van der Waals surface area contributed by atoms with Gasteiger partial charge in [-0.05, 0) is 6.92 Å². The second-order valence-corrected chi connectivity index (χ2v) is 2.95. The molecule has 1 rings (SSSR count). The van der Waals surface area contributed by atoms with E-state index < -0.39 is 12.3 Å². The third kappa shape index (κ3) is 1.67. The van der Waals surface area contributed by atoms with E-state index in [4.69, 9.17) is 10.8 Å². The molecule has 0 aliphatic rings. The molecule has 0 radical (unpaired) electrons. The van der Waals surface area contributed by atoms with Crippen molar-refractivity contribution in [3.8, 4) is 0 Å². The first-order valence-electron chi connectivity index (χ1n) is 3.79. The van der Waals surface area contributed by atoms with Crippen molar-refractivity contribution in [1.29, 1.82) is 0 Å². The average Bonchev–Trinajstić information content (AvgIpc) is 2.24. The van der Waals surface area contributed by atoms with Gasteiger partial charge in [0.1, 0.15) is 0 Å². The summed E-state index contributed by atoms with van der Waals surface area (Å²) in [6.45, 7) is 1.41. The van der Waals surface area contributed by atoms with Crippen LogP contribution in [0.4, 0.5) is 19.0 Å². The van der Waals surface area contributed by atoms with Crippen LogP contribution in [-0.4, -0.2) is 21.1 Å². The zero-order valence-corrected chi connectivity index (χ0v) is 7.63. The van der Waals surface area contributed by atoms with E-state index in [1.54, 1.807) is 0 Å². The minimum absolute atomic E-state index is 0.201. The van der Waals surface area contributed by atoms with E-state index in [9.17, 15) is 13.2 Å². The summed E-state index contributed by atoms with van der Waals surface area (Å²) >= 11 is 0. The Bertz CT molecular complexity index is 345. The maximum absolute atomic E-state index is 12.2. The number of hydrogen-bond donors (Lipinski definition) is 2. The molecule has 0 saturated heterocycles. The van der Waals surface area contributed by atoms with Crippen molar-refractivity contribution in [3.63, 3.8) is 0 Å². The molecule has 1 heterocycles. The predicted octanol–water partition coefficient (Wildman–Crippen LogP) is 0.906. The van der Waals surface area contributed by atoms with Crippen LogP contribution in [0.3, 0.4) is 0 Å². The Morgan fingerprint density at radius 2 is 2.00 bits per heavy atom. The number of rotatable bonds is 1. The molecular formula is C7H10F3N3O. The Balaban J connectivity index is 3.19. The van der Waals surface area contributed by atoms with Crippen LogP contribution in [0.1, 0.15) is 17.4 Å². The molecule has 0 spiro atoms. The summed E-state index contributed by atoms with van der Waals surface area (Å²) < 4.78 is 37.7. The molecule has 0 aromatic carbocycles. The lowest BCUT2D eigenvalue weighted by Gasteiger charge is -2.14. The number of nitrogens with zero attached hydrogens (tertiary/aromatic N) is 2. The minimum Gasteiger partial charge on any atom is -0.382 e. The Labute approximate surface area is 78.1 Å². The Kier molecular flexibility index (Phi) is 2.45. The lowest BCUT2D eigenvalue weighted by atomic mass is 10.1. The predicted molar refractivity (Wildman–Crippen MR) is 43.4 cm³/mol. The summed E-state index contributed by atoms with van der Waals surface area (Å²) in [7, 11) is 1.46. The van der Waals surface area contributed by atoms with Gasteiger partial charge in [0, 0.05) is 12.7 Å². The molecule has 1 aromatic heterocycles. The fraction of sp³-hybridized carbons (Fsp3) is 0.571. The van der Waals surface area contributed by atoms with E-state index in [0.29, 0.717) is 0 Å². The van der Waals surface area contributed by atoms with Crippen LogP contribution in [0.15, 0.2) is 0 Å². The summed E-state index contributed by atoms with van der Waals surface area (Å²) in [5.74, 6) is -0.296. The van der Waals surface area contributed by atoms with Gasteiger partial charge in [-0.1, -0.05) is 0 Å². The minimum atomic E-state index is -4.72. The molecular weight excluding hydrogens is 199 g/mol. The van der Waals surface area contributed by atoms with Crippen LogP contribution < -0.4 is 5.73 Å². The number of aryl methyl sites for hydroxylation is 1. The van der Waals surface area contributed by atoms with Gasteiger partial charge in [0.05, 0.1) is 5.56 Å². The fourth-order valence-electron chi connectivity index (χ4n) is 1.15. The Hall–Kier alpha value is -1.24. The first-order chi connectivity index (χ1) is 6.25. The number of alkyl halides is 3. The average molecular weight is 209 g/mol. The quantitative estimate of drug-likeness (QED) is 0.722. The van der Waals surface area contributed by atoms with Crippen LogP contribution in [0, 0.1) is 6.92 Å². The number of nitrogen functional groups attached to an aromatic ring is 1. The van der Waals surface area contributed by atoms with Gasteiger partial charge < -0.3 is 10.8 Å². The van der Waals surface area contributed by atoms with Crippen LogP contribution >= 0.6 is 0 Å². The lowest BCUT2D eigenvalue weighted by Crippen LogP contribution is -2.21. The number of hydrogen-bond acceptors (Lipinski definition) is 3. The molecule has 0 fully saturated rings. The van der Waals surface area contributed by atoms with E-state index in [-0.39, 0.29) is 17.1 Å². The molecule has 14 heavy (non-hydrogen) atoms.